The second-order valence-electron chi connectivity index (χ2n) is 6.36. The Morgan fingerprint density at radius 1 is 0.958 bits per heavy atom. The number of hydrogen-bond donors (Lipinski definition) is 1. The van der Waals surface area contributed by atoms with Gasteiger partial charge in [-0.25, -0.2) is 13.1 Å². The summed E-state index contributed by atoms with van der Waals surface area (Å²) >= 11 is 0. The van der Waals surface area contributed by atoms with Crippen LogP contribution in [0.2, 0.25) is 0 Å². The van der Waals surface area contributed by atoms with Crippen LogP contribution in [0.15, 0.2) is 47.4 Å². The summed E-state index contributed by atoms with van der Waals surface area (Å²) in [5, 5.41) is 0. The van der Waals surface area contributed by atoms with Crippen LogP contribution in [0.25, 0.3) is 0 Å². The largest absolute Gasteiger partial charge is 0.497 e. The highest BCUT2D eigenvalue weighted by atomic mass is 32.2. The van der Waals surface area contributed by atoms with Crippen molar-refractivity contribution in [1.82, 2.24) is 4.72 Å². The molecule has 130 valence electrons. The van der Waals surface area contributed by atoms with Crippen LogP contribution in [0.1, 0.15) is 36.6 Å². The topological polar surface area (TPSA) is 55.4 Å². The molecule has 0 saturated heterocycles. The lowest BCUT2D eigenvalue weighted by atomic mass is 9.97. The molecule has 4 nitrogen and oxygen atoms in total. The first-order valence-corrected chi connectivity index (χ1v) is 9.46. The lowest BCUT2D eigenvalue weighted by Crippen LogP contribution is -2.31. The first-order valence-electron chi connectivity index (χ1n) is 7.98. The van der Waals surface area contributed by atoms with Crippen LogP contribution in [0.5, 0.6) is 5.75 Å². The van der Waals surface area contributed by atoms with Crippen molar-refractivity contribution in [2.24, 2.45) is 5.92 Å². The lowest BCUT2D eigenvalue weighted by Gasteiger charge is -2.23. The Bertz CT molecular complexity index is 796. The van der Waals surface area contributed by atoms with E-state index in [9.17, 15) is 8.42 Å². The van der Waals surface area contributed by atoms with E-state index >= 15 is 0 Å². The van der Waals surface area contributed by atoms with Gasteiger partial charge in [-0.05, 0) is 60.7 Å². The van der Waals surface area contributed by atoms with E-state index in [1.54, 1.807) is 19.2 Å². The lowest BCUT2D eigenvalue weighted by molar-refractivity contribution is 0.413. The predicted octanol–water partition coefficient (Wildman–Crippen LogP) is 3.99. The van der Waals surface area contributed by atoms with Gasteiger partial charge in [0, 0.05) is 6.04 Å². The van der Waals surface area contributed by atoms with E-state index < -0.39 is 10.0 Å². The van der Waals surface area contributed by atoms with E-state index in [-0.39, 0.29) is 12.0 Å². The summed E-state index contributed by atoms with van der Waals surface area (Å²) in [7, 11) is -1.98. The standard InChI is InChI=1S/C19H25NO3S/c1-13(2)19(16-7-9-17(23-5)10-8-16)20-24(21,22)18-11-6-14(3)15(4)12-18/h6-13,19-20H,1-5H3. The summed E-state index contributed by atoms with van der Waals surface area (Å²) < 4.78 is 33.5. The molecule has 0 aromatic heterocycles. The van der Waals surface area contributed by atoms with Gasteiger partial charge in [-0.15, -0.1) is 0 Å². The van der Waals surface area contributed by atoms with Crippen molar-refractivity contribution in [3.05, 3.63) is 59.2 Å². The average molecular weight is 347 g/mol. The molecular weight excluding hydrogens is 322 g/mol. The van der Waals surface area contributed by atoms with E-state index in [0.717, 1.165) is 22.4 Å². The van der Waals surface area contributed by atoms with Crippen LogP contribution in [0.4, 0.5) is 0 Å². The third kappa shape index (κ3) is 4.16. The fourth-order valence-electron chi connectivity index (χ4n) is 2.52. The maximum atomic E-state index is 12.8. The Labute approximate surface area is 144 Å². The SMILES string of the molecule is COc1ccc(C(NS(=O)(=O)c2ccc(C)c(C)c2)C(C)C)cc1. The zero-order valence-electron chi connectivity index (χ0n) is 14.8. The Kier molecular flexibility index (Phi) is 5.67. The van der Waals surface area contributed by atoms with Crippen molar-refractivity contribution in [3.63, 3.8) is 0 Å². The van der Waals surface area contributed by atoms with Crippen LogP contribution in [0, 0.1) is 19.8 Å². The molecule has 0 aliphatic rings. The van der Waals surface area contributed by atoms with E-state index in [1.807, 2.05) is 58.0 Å². The minimum absolute atomic E-state index is 0.111. The second-order valence-corrected chi connectivity index (χ2v) is 8.08. The molecule has 0 spiro atoms. The average Bonchev–Trinajstić information content (AvgIpc) is 2.55. The van der Waals surface area contributed by atoms with Crippen LogP contribution >= 0.6 is 0 Å². The highest BCUT2D eigenvalue weighted by Gasteiger charge is 2.24. The molecule has 0 aliphatic carbocycles. The number of ether oxygens (including phenoxy) is 1. The van der Waals surface area contributed by atoms with E-state index in [0.29, 0.717) is 4.90 Å². The van der Waals surface area contributed by atoms with Gasteiger partial charge in [-0.3, -0.25) is 0 Å². The van der Waals surface area contributed by atoms with Crippen LogP contribution in [0.3, 0.4) is 0 Å². The van der Waals surface area contributed by atoms with Crippen molar-refractivity contribution >= 4 is 10.0 Å². The molecule has 0 aliphatic heterocycles. The predicted molar refractivity (Wildman–Crippen MR) is 96.8 cm³/mol. The molecule has 1 N–H and O–H groups in total. The summed E-state index contributed by atoms with van der Waals surface area (Å²) in [6.45, 7) is 7.88. The van der Waals surface area contributed by atoms with Gasteiger partial charge in [0.1, 0.15) is 5.75 Å². The molecule has 1 atom stereocenters. The first kappa shape index (κ1) is 18.5. The number of hydrogen-bond acceptors (Lipinski definition) is 3. The Balaban J connectivity index is 2.33. The summed E-state index contributed by atoms with van der Waals surface area (Å²) in [5.41, 5.74) is 2.95. The van der Waals surface area contributed by atoms with Crippen LogP contribution in [-0.4, -0.2) is 15.5 Å². The third-order valence-electron chi connectivity index (χ3n) is 4.21. The second kappa shape index (κ2) is 7.36. The maximum Gasteiger partial charge on any atom is 0.241 e. The number of methoxy groups -OCH3 is 1. The van der Waals surface area contributed by atoms with Gasteiger partial charge in [0.15, 0.2) is 0 Å². The third-order valence-corrected chi connectivity index (χ3v) is 5.65. The molecule has 1 unspecified atom stereocenters. The fraction of sp³-hybridized carbons (Fsp3) is 0.368. The van der Waals surface area contributed by atoms with Gasteiger partial charge in [-0.1, -0.05) is 32.0 Å². The van der Waals surface area contributed by atoms with Crippen molar-refractivity contribution in [1.29, 1.82) is 0 Å². The summed E-state index contributed by atoms with van der Waals surface area (Å²) in [4.78, 5) is 0.296. The number of aryl methyl sites for hydroxylation is 2. The summed E-state index contributed by atoms with van der Waals surface area (Å²) in [6, 6.07) is 12.4. The molecule has 2 rings (SSSR count). The number of nitrogens with one attached hydrogen (secondary N) is 1. The monoisotopic (exact) mass is 347 g/mol. The zero-order valence-corrected chi connectivity index (χ0v) is 15.6. The van der Waals surface area contributed by atoms with Crippen molar-refractivity contribution < 1.29 is 13.2 Å². The number of rotatable bonds is 6. The highest BCUT2D eigenvalue weighted by molar-refractivity contribution is 7.89. The van der Waals surface area contributed by atoms with Crippen LogP contribution in [-0.2, 0) is 10.0 Å². The normalized spacial score (nSPS) is 13.1. The van der Waals surface area contributed by atoms with Gasteiger partial charge >= 0.3 is 0 Å². The Morgan fingerprint density at radius 2 is 1.58 bits per heavy atom. The van der Waals surface area contributed by atoms with Crippen molar-refractivity contribution in [2.45, 2.75) is 38.6 Å². The number of benzene rings is 2. The van der Waals surface area contributed by atoms with Gasteiger partial charge in [0.05, 0.1) is 12.0 Å². The Morgan fingerprint density at radius 3 is 2.08 bits per heavy atom. The van der Waals surface area contributed by atoms with Crippen molar-refractivity contribution in [2.75, 3.05) is 7.11 Å². The zero-order chi connectivity index (χ0) is 17.9. The Hall–Kier alpha value is -1.85. The van der Waals surface area contributed by atoms with Gasteiger partial charge in [-0.2, -0.15) is 0 Å². The quantitative estimate of drug-likeness (QED) is 0.860. The molecule has 24 heavy (non-hydrogen) atoms. The molecule has 0 saturated carbocycles. The minimum atomic E-state index is -3.59. The molecular formula is C19H25NO3S. The maximum absolute atomic E-state index is 12.8. The van der Waals surface area contributed by atoms with Crippen LogP contribution < -0.4 is 9.46 Å². The number of sulfonamides is 1. The fourth-order valence-corrected chi connectivity index (χ4v) is 3.97. The molecule has 0 fully saturated rings. The summed E-state index contributed by atoms with van der Waals surface area (Å²) in [6.07, 6.45) is 0. The molecule has 0 heterocycles. The molecule has 0 amide bonds. The molecule has 0 radical (unpaired) electrons. The smallest absolute Gasteiger partial charge is 0.241 e. The van der Waals surface area contributed by atoms with E-state index in [1.165, 1.54) is 0 Å². The van der Waals surface area contributed by atoms with Gasteiger partial charge < -0.3 is 4.74 Å². The summed E-state index contributed by atoms with van der Waals surface area (Å²) in [5.74, 6) is 0.859. The molecule has 5 heteroatoms. The van der Waals surface area contributed by atoms with Gasteiger partial charge in [0.25, 0.3) is 0 Å². The van der Waals surface area contributed by atoms with E-state index in [2.05, 4.69) is 4.72 Å². The highest BCUT2D eigenvalue weighted by Crippen LogP contribution is 2.26. The van der Waals surface area contributed by atoms with E-state index in [4.69, 9.17) is 4.74 Å². The molecule has 0 bridgehead atoms. The molecule has 2 aromatic carbocycles. The minimum Gasteiger partial charge on any atom is -0.497 e. The molecule has 2 aromatic rings. The van der Waals surface area contributed by atoms with Crippen molar-refractivity contribution in [3.8, 4) is 5.75 Å². The van der Waals surface area contributed by atoms with Gasteiger partial charge in [0.2, 0.25) is 10.0 Å². The first-order chi connectivity index (χ1) is 11.2.